The highest BCUT2D eigenvalue weighted by molar-refractivity contribution is 5.72. The van der Waals surface area contributed by atoms with Crippen molar-refractivity contribution in [3.05, 3.63) is 40.9 Å². The lowest BCUT2D eigenvalue weighted by atomic mass is 9.97. The lowest BCUT2D eigenvalue weighted by Gasteiger charge is -2.30. The Balaban J connectivity index is 0.00000161. The van der Waals surface area contributed by atoms with E-state index in [1.807, 2.05) is 6.20 Å². The zero-order valence-corrected chi connectivity index (χ0v) is 30.8. The van der Waals surface area contributed by atoms with Gasteiger partial charge in [-0.15, -0.1) is 0 Å². The summed E-state index contributed by atoms with van der Waals surface area (Å²) in [4.78, 5) is 11.6. The van der Waals surface area contributed by atoms with Gasteiger partial charge in [0.2, 0.25) is 34.8 Å². The first kappa shape index (κ1) is 50.2. The molecular weight excluding hydrogens is 719 g/mol. The minimum Gasteiger partial charge on any atom is -0.420 e. The Kier molecular flexibility index (Phi) is 29.9. The molecule has 1 aromatic carbocycles. The molecule has 0 saturated carbocycles. The summed E-state index contributed by atoms with van der Waals surface area (Å²) in [5.74, 6) is -13.6. The van der Waals surface area contributed by atoms with Gasteiger partial charge in [0.1, 0.15) is 6.10 Å². The van der Waals surface area contributed by atoms with Crippen LogP contribution in [-0.2, 0) is 33.2 Å². The van der Waals surface area contributed by atoms with Crippen LogP contribution in [0, 0.1) is 40.4 Å². The van der Waals surface area contributed by atoms with E-state index in [1.165, 1.54) is 5.57 Å². The van der Waals surface area contributed by atoms with Crippen LogP contribution in [0.5, 0.6) is 5.75 Å². The second-order valence-corrected chi connectivity index (χ2v) is 11.5. The van der Waals surface area contributed by atoms with Gasteiger partial charge < -0.3 is 59.2 Å². The Hall–Kier alpha value is -2.81. The highest BCUT2D eigenvalue weighted by Gasteiger charge is 2.29. The summed E-state index contributed by atoms with van der Waals surface area (Å²) < 4.78 is 102. The van der Waals surface area contributed by atoms with Gasteiger partial charge >= 0.3 is 5.97 Å². The quantitative estimate of drug-likeness (QED) is 0.0185. The summed E-state index contributed by atoms with van der Waals surface area (Å²) in [7, 11) is 1.69. The summed E-state index contributed by atoms with van der Waals surface area (Å²) in [6.07, 6.45) is 4.04. The molecule has 308 valence electrons. The third-order valence-electron chi connectivity index (χ3n) is 7.61. The first-order chi connectivity index (χ1) is 25.5. The average Bonchev–Trinajstić information content (AvgIpc) is 3.17. The first-order valence-electron chi connectivity index (χ1n) is 17.4. The number of nitrogens with one attached hydrogen (secondary N) is 2. The molecule has 2 rings (SSSR count). The molecule has 0 spiro atoms. The Morgan fingerprint density at radius 2 is 1.40 bits per heavy atom. The Bertz CT molecular complexity index is 1130. The van der Waals surface area contributed by atoms with Crippen molar-refractivity contribution in [2.45, 2.75) is 70.7 Å². The lowest BCUT2D eigenvalue weighted by Crippen LogP contribution is -2.41. The first-order valence-corrected chi connectivity index (χ1v) is 17.4. The van der Waals surface area contributed by atoms with Gasteiger partial charge in [0.25, 0.3) is 0 Å². The van der Waals surface area contributed by atoms with E-state index in [9.17, 15) is 31.9 Å². The third kappa shape index (κ3) is 21.6. The highest BCUT2D eigenvalue weighted by atomic mass is 19.2. The molecule has 1 aliphatic rings. The van der Waals surface area contributed by atoms with Gasteiger partial charge in [0.15, 0.2) is 0 Å². The summed E-state index contributed by atoms with van der Waals surface area (Å²) in [6.45, 7) is 10.7. The van der Waals surface area contributed by atoms with E-state index in [2.05, 4.69) is 30.6 Å². The standard InChI is InChI=1S/C26H38F5NO7.C8H16O4.CH3N/c1-4-18(2)19(5-8-34-3)17-32-7-10-36-12-14-38-16-15-37-13-11-35-9-6-20(33)39-26-24(30)22(28)21(27)23(29)25(26)31;9-3-1-2-6-4-7(10)8(11)5-12-6;1-2/h17-18,32H,4-16H2,1-3H3;6-11H,1-5H2;2H,1H2/b19-17-;;. The number of aliphatic hydroxyl groups is 3. The average molecular weight is 777 g/mol. The zero-order chi connectivity index (χ0) is 40.0. The van der Waals surface area contributed by atoms with Crippen LogP contribution in [0.4, 0.5) is 22.0 Å². The van der Waals surface area contributed by atoms with E-state index in [-0.39, 0.29) is 39.1 Å². The van der Waals surface area contributed by atoms with Crippen LogP contribution in [0.2, 0.25) is 0 Å². The predicted octanol–water partition coefficient (Wildman–Crippen LogP) is 3.84. The Morgan fingerprint density at radius 3 is 1.91 bits per heavy atom. The van der Waals surface area contributed by atoms with Gasteiger partial charge in [-0.3, -0.25) is 4.79 Å². The Labute approximate surface area is 308 Å². The number of aliphatic hydroxyl groups excluding tert-OH is 3. The molecule has 13 nitrogen and oxygen atoms in total. The van der Waals surface area contributed by atoms with Gasteiger partial charge in [0, 0.05) is 33.3 Å². The normalized spacial score (nSPS) is 17.6. The molecule has 0 bridgehead atoms. The molecule has 18 heteroatoms. The second-order valence-electron chi connectivity index (χ2n) is 11.5. The minimum atomic E-state index is -2.34. The van der Waals surface area contributed by atoms with Gasteiger partial charge in [-0.2, -0.15) is 8.78 Å². The Morgan fingerprint density at radius 1 is 0.868 bits per heavy atom. The topological polar surface area (TPSA) is 178 Å². The molecule has 4 unspecified atom stereocenters. The molecule has 0 radical (unpaired) electrons. The number of hydrogen-bond donors (Lipinski definition) is 5. The van der Waals surface area contributed by atoms with Crippen molar-refractivity contribution >= 4 is 12.7 Å². The van der Waals surface area contributed by atoms with Crippen LogP contribution in [0.1, 0.15) is 52.4 Å². The van der Waals surface area contributed by atoms with Gasteiger partial charge in [-0.25, -0.2) is 13.2 Å². The van der Waals surface area contributed by atoms with E-state index in [1.54, 1.807) is 7.11 Å². The van der Waals surface area contributed by atoms with Crippen molar-refractivity contribution in [1.82, 2.24) is 5.32 Å². The fourth-order valence-corrected chi connectivity index (χ4v) is 4.39. The van der Waals surface area contributed by atoms with E-state index in [4.69, 9.17) is 44.0 Å². The van der Waals surface area contributed by atoms with E-state index in [0.717, 1.165) is 19.3 Å². The summed E-state index contributed by atoms with van der Waals surface area (Å²) in [6, 6.07) is 0. The van der Waals surface area contributed by atoms with Crippen molar-refractivity contribution in [3.8, 4) is 5.75 Å². The largest absolute Gasteiger partial charge is 0.420 e. The van der Waals surface area contributed by atoms with Gasteiger partial charge in [-0.05, 0) is 50.1 Å². The number of hydrogen-bond acceptors (Lipinski definition) is 13. The van der Waals surface area contributed by atoms with Crippen LogP contribution < -0.4 is 10.1 Å². The second kappa shape index (κ2) is 31.5. The van der Waals surface area contributed by atoms with Gasteiger partial charge in [-0.1, -0.05) is 13.8 Å². The van der Waals surface area contributed by atoms with Crippen molar-refractivity contribution in [2.75, 3.05) is 86.3 Å². The summed E-state index contributed by atoms with van der Waals surface area (Å²) >= 11 is 0. The molecule has 5 N–H and O–H groups in total. The van der Waals surface area contributed by atoms with Crippen LogP contribution in [0.3, 0.4) is 0 Å². The number of benzene rings is 1. The molecule has 4 atom stereocenters. The van der Waals surface area contributed by atoms with Crippen molar-refractivity contribution in [1.29, 1.82) is 5.41 Å². The summed E-state index contributed by atoms with van der Waals surface area (Å²) in [5, 5.41) is 35.7. The van der Waals surface area contributed by atoms with E-state index < -0.39 is 59.4 Å². The SMILES string of the molecule is C=N.CCC(C)/C(=C\NCCOCCOCCOCCOCCC(=O)Oc1c(F)c(F)c(F)c(F)c1F)CCOC.OCCCC1CC(O)C(O)CO1. The number of carbonyl (C=O) groups excluding carboxylic acids is 1. The molecule has 0 aliphatic carbocycles. The molecule has 1 aromatic rings. The maximum Gasteiger partial charge on any atom is 0.313 e. The smallest absolute Gasteiger partial charge is 0.313 e. The number of halogens is 5. The molecule has 1 heterocycles. The monoisotopic (exact) mass is 776 g/mol. The van der Waals surface area contributed by atoms with Crippen LogP contribution in [-0.4, -0.2) is 133 Å². The molecule has 1 fully saturated rings. The highest BCUT2D eigenvalue weighted by Crippen LogP contribution is 2.29. The van der Waals surface area contributed by atoms with Crippen LogP contribution in [0.25, 0.3) is 0 Å². The fraction of sp³-hybridized carbons (Fsp3) is 0.714. The summed E-state index contributed by atoms with van der Waals surface area (Å²) in [5.41, 5.74) is 1.32. The minimum absolute atomic E-state index is 0.00412. The zero-order valence-electron chi connectivity index (χ0n) is 30.8. The third-order valence-corrected chi connectivity index (χ3v) is 7.61. The molecule has 1 aliphatic heterocycles. The van der Waals surface area contributed by atoms with E-state index >= 15 is 0 Å². The molecule has 0 amide bonds. The maximum absolute atomic E-state index is 13.5. The number of rotatable bonds is 25. The number of carbonyl (C=O) groups is 1. The molecule has 1 saturated heterocycles. The molecule has 0 aromatic heterocycles. The predicted molar refractivity (Wildman–Crippen MR) is 184 cm³/mol. The number of esters is 1. The molecule has 53 heavy (non-hydrogen) atoms. The maximum atomic E-state index is 13.5. The van der Waals surface area contributed by atoms with Gasteiger partial charge in [0.05, 0.1) is 78.1 Å². The molecular formula is C35H57F5N2O11. The lowest BCUT2D eigenvalue weighted by molar-refractivity contribution is -0.136. The van der Waals surface area contributed by atoms with Crippen LogP contribution >= 0.6 is 0 Å². The van der Waals surface area contributed by atoms with Crippen LogP contribution in [0.15, 0.2) is 11.8 Å². The van der Waals surface area contributed by atoms with Crippen molar-refractivity contribution in [3.63, 3.8) is 0 Å². The number of ether oxygens (including phenoxy) is 7. The van der Waals surface area contributed by atoms with E-state index in [0.29, 0.717) is 64.9 Å². The van der Waals surface area contributed by atoms with Crippen molar-refractivity contribution in [2.24, 2.45) is 5.92 Å². The number of methoxy groups -OCH3 is 1. The van der Waals surface area contributed by atoms with Crippen molar-refractivity contribution < 1.29 is 75.2 Å². The fourth-order valence-electron chi connectivity index (χ4n) is 4.39.